The van der Waals surface area contributed by atoms with Gasteiger partial charge in [0, 0.05) is 11.1 Å². The lowest BCUT2D eigenvalue weighted by Gasteiger charge is -2.12. The Bertz CT molecular complexity index is 658. The molecule has 0 unspecified atom stereocenters. The van der Waals surface area contributed by atoms with Crippen LogP contribution in [0.3, 0.4) is 0 Å². The summed E-state index contributed by atoms with van der Waals surface area (Å²) in [6.45, 7) is 5.96. The lowest BCUT2D eigenvalue weighted by molar-refractivity contribution is 0.101. The molecule has 0 aliphatic heterocycles. The number of nitrogens with two attached hydrogens (primary N) is 1. The fourth-order valence-electron chi connectivity index (χ4n) is 1.70. The predicted molar refractivity (Wildman–Crippen MR) is 80.4 cm³/mol. The van der Waals surface area contributed by atoms with E-state index in [0.29, 0.717) is 22.9 Å². The Labute approximate surface area is 122 Å². The van der Waals surface area contributed by atoms with Crippen molar-refractivity contribution in [3.63, 3.8) is 0 Å². The summed E-state index contributed by atoms with van der Waals surface area (Å²) in [5.74, 6) is 0.906. The van der Waals surface area contributed by atoms with Gasteiger partial charge in [0.15, 0.2) is 0 Å². The van der Waals surface area contributed by atoms with E-state index in [1.807, 2.05) is 20.8 Å². The number of carbonyl (C=O) groups is 1. The van der Waals surface area contributed by atoms with Crippen LogP contribution in [0.25, 0.3) is 0 Å². The molecule has 0 bridgehead atoms. The molecule has 0 atom stereocenters. The van der Waals surface area contributed by atoms with Crippen molar-refractivity contribution in [2.24, 2.45) is 0 Å². The number of methoxy groups -OCH3 is 1. The van der Waals surface area contributed by atoms with Crippen LogP contribution in [-0.4, -0.2) is 28.2 Å². The van der Waals surface area contributed by atoms with Crippen LogP contribution in [0.5, 0.6) is 5.75 Å². The highest BCUT2D eigenvalue weighted by Crippen LogP contribution is 2.24. The average Bonchev–Trinajstić information content (AvgIpc) is 2.88. The molecule has 4 N–H and O–H groups in total. The second-order valence-corrected chi connectivity index (χ2v) is 5.67. The Balaban J connectivity index is 2.14. The summed E-state index contributed by atoms with van der Waals surface area (Å²) in [6, 6.07) is 5.00. The standard InChI is InChI=1S/C14H19N5O2/c1-14(2,3)13-17-11(18-19-13)12(20)16-8-5-6-10(21-4)9(15)7-8/h5-7H,15H2,1-4H3,(H,16,20)(H,17,18,19). The molecule has 1 amide bonds. The highest BCUT2D eigenvalue weighted by molar-refractivity contribution is 6.01. The first-order chi connectivity index (χ1) is 9.81. The number of carbonyl (C=O) groups excluding carboxylic acids is 1. The first-order valence-electron chi connectivity index (χ1n) is 6.49. The SMILES string of the molecule is COc1ccc(NC(=O)c2n[nH]c(C(C)(C)C)n2)cc1N. The van der Waals surface area contributed by atoms with Gasteiger partial charge >= 0.3 is 0 Å². The molecule has 1 aromatic heterocycles. The zero-order valence-electron chi connectivity index (χ0n) is 12.5. The molecule has 0 radical (unpaired) electrons. The van der Waals surface area contributed by atoms with Gasteiger partial charge in [0.05, 0.1) is 12.8 Å². The van der Waals surface area contributed by atoms with Crippen molar-refractivity contribution in [3.8, 4) is 5.75 Å². The van der Waals surface area contributed by atoms with Gasteiger partial charge in [-0.2, -0.15) is 0 Å². The highest BCUT2D eigenvalue weighted by Gasteiger charge is 2.21. The van der Waals surface area contributed by atoms with E-state index < -0.39 is 5.91 Å². The van der Waals surface area contributed by atoms with Crippen LogP contribution in [0.4, 0.5) is 11.4 Å². The van der Waals surface area contributed by atoms with Crippen molar-refractivity contribution < 1.29 is 9.53 Å². The normalized spacial score (nSPS) is 11.2. The van der Waals surface area contributed by atoms with E-state index in [0.717, 1.165) is 0 Å². The summed E-state index contributed by atoms with van der Waals surface area (Å²) < 4.78 is 5.06. The molecule has 0 saturated heterocycles. The Kier molecular flexibility index (Phi) is 3.84. The zero-order chi connectivity index (χ0) is 15.6. The fourth-order valence-corrected chi connectivity index (χ4v) is 1.70. The smallest absolute Gasteiger partial charge is 0.295 e. The molecule has 1 heterocycles. The van der Waals surface area contributed by atoms with Crippen molar-refractivity contribution in [1.82, 2.24) is 15.2 Å². The number of amides is 1. The number of nitrogens with zero attached hydrogens (tertiary/aromatic N) is 2. The van der Waals surface area contributed by atoms with Gasteiger partial charge in [0.25, 0.3) is 5.91 Å². The number of rotatable bonds is 3. The summed E-state index contributed by atoms with van der Waals surface area (Å²) in [6.07, 6.45) is 0. The molecule has 0 spiro atoms. The maximum atomic E-state index is 12.1. The third-order valence-corrected chi connectivity index (χ3v) is 2.89. The largest absolute Gasteiger partial charge is 0.495 e. The van der Waals surface area contributed by atoms with Crippen LogP contribution in [-0.2, 0) is 5.41 Å². The molecule has 112 valence electrons. The number of hydrogen-bond donors (Lipinski definition) is 3. The van der Waals surface area contributed by atoms with Crippen molar-refractivity contribution >= 4 is 17.3 Å². The number of benzene rings is 1. The van der Waals surface area contributed by atoms with E-state index in [2.05, 4.69) is 20.5 Å². The average molecular weight is 289 g/mol. The van der Waals surface area contributed by atoms with Gasteiger partial charge in [-0.1, -0.05) is 20.8 Å². The van der Waals surface area contributed by atoms with Crippen molar-refractivity contribution in [2.45, 2.75) is 26.2 Å². The number of nitrogens with one attached hydrogen (secondary N) is 2. The van der Waals surface area contributed by atoms with Gasteiger partial charge in [-0.05, 0) is 18.2 Å². The van der Waals surface area contributed by atoms with Crippen LogP contribution in [0, 0.1) is 0 Å². The van der Waals surface area contributed by atoms with Gasteiger partial charge < -0.3 is 15.8 Å². The van der Waals surface area contributed by atoms with Crippen LogP contribution in [0.1, 0.15) is 37.2 Å². The lowest BCUT2D eigenvalue weighted by Crippen LogP contribution is -2.16. The monoisotopic (exact) mass is 289 g/mol. The summed E-state index contributed by atoms with van der Waals surface area (Å²) >= 11 is 0. The second kappa shape index (κ2) is 5.43. The number of ether oxygens (including phenoxy) is 1. The van der Waals surface area contributed by atoms with Gasteiger partial charge in [0.1, 0.15) is 11.6 Å². The quantitative estimate of drug-likeness (QED) is 0.749. The summed E-state index contributed by atoms with van der Waals surface area (Å²) in [5, 5.41) is 9.40. The van der Waals surface area contributed by atoms with Gasteiger partial charge in [0.2, 0.25) is 5.82 Å². The number of nitrogen functional groups attached to an aromatic ring is 1. The minimum Gasteiger partial charge on any atom is -0.495 e. The second-order valence-electron chi connectivity index (χ2n) is 5.67. The van der Waals surface area contributed by atoms with Gasteiger partial charge in [-0.3, -0.25) is 9.89 Å². The van der Waals surface area contributed by atoms with E-state index in [4.69, 9.17) is 10.5 Å². The van der Waals surface area contributed by atoms with Crippen LogP contribution < -0.4 is 15.8 Å². The van der Waals surface area contributed by atoms with E-state index in [1.165, 1.54) is 7.11 Å². The Morgan fingerprint density at radius 1 is 1.38 bits per heavy atom. The molecule has 21 heavy (non-hydrogen) atoms. The van der Waals surface area contributed by atoms with Crippen LogP contribution in [0.15, 0.2) is 18.2 Å². The van der Waals surface area contributed by atoms with Gasteiger partial charge in [-0.25, -0.2) is 4.98 Å². The van der Waals surface area contributed by atoms with Gasteiger partial charge in [-0.15, -0.1) is 5.10 Å². The minimum absolute atomic E-state index is 0.0920. The zero-order valence-corrected chi connectivity index (χ0v) is 12.5. The molecule has 2 aromatic rings. The van der Waals surface area contributed by atoms with Crippen molar-refractivity contribution in [3.05, 3.63) is 29.8 Å². The first-order valence-corrected chi connectivity index (χ1v) is 6.49. The number of hydrogen-bond acceptors (Lipinski definition) is 5. The molecule has 0 fully saturated rings. The van der Waals surface area contributed by atoms with Crippen LogP contribution in [0.2, 0.25) is 0 Å². The number of aromatic nitrogens is 3. The topological polar surface area (TPSA) is 106 Å². The Morgan fingerprint density at radius 3 is 2.62 bits per heavy atom. The molecule has 1 aromatic carbocycles. The van der Waals surface area contributed by atoms with Crippen molar-refractivity contribution in [1.29, 1.82) is 0 Å². The lowest BCUT2D eigenvalue weighted by atomic mass is 9.96. The number of aromatic amines is 1. The van der Waals surface area contributed by atoms with E-state index >= 15 is 0 Å². The summed E-state index contributed by atoms with van der Waals surface area (Å²) in [4.78, 5) is 16.3. The Hall–Kier alpha value is -2.57. The maximum absolute atomic E-state index is 12.1. The first kappa shape index (κ1) is 14.8. The summed E-state index contributed by atoms with van der Waals surface area (Å²) in [5.41, 5.74) is 6.60. The molecule has 0 aliphatic carbocycles. The Morgan fingerprint density at radius 2 is 2.10 bits per heavy atom. The number of H-pyrrole nitrogens is 1. The fraction of sp³-hybridized carbons (Fsp3) is 0.357. The predicted octanol–water partition coefficient (Wildman–Crippen LogP) is 1.95. The number of anilines is 2. The molecular weight excluding hydrogens is 270 g/mol. The molecule has 0 saturated carbocycles. The molecule has 0 aliphatic rings. The van der Waals surface area contributed by atoms with E-state index in [9.17, 15) is 4.79 Å². The maximum Gasteiger partial charge on any atom is 0.295 e. The molecule has 2 rings (SSSR count). The van der Waals surface area contributed by atoms with Crippen molar-refractivity contribution in [2.75, 3.05) is 18.2 Å². The molecule has 7 heteroatoms. The van der Waals surface area contributed by atoms with E-state index in [1.54, 1.807) is 18.2 Å². The molecular formula is C14H19N5O2. The third kappa shape index (κ3) is 3.31. The van der Waals surface area contributed by atoms with Crippen LogP contribution >= 0.6 is 0 Å². The van der Waals surface area contributed by atoms with E-state index in [-0.39, 0.29) is 11.2 Å². The third-order valence-electron chi connectivity index (χ3n) is 2.89. The summed E-state index contributed by atoms with van der Waals surface area (Å²) in [7, 11) is 1.53. The highest BCUT2D eigenvalue weighted by atomic mass is 16.5. The minimum atomic E-state index is -0.397. The molecule has 7 nitrogen and oxygen atoms in total.